The zero-order valence-corrected chi connectivity index (χ0v) is 20.2. The van der Waals surface area contributed by atoms with Crippen LogP contribution < -0.4 is 16.0 Å². The van der Waals surface area contributed by atoms with E-state index in [1.807, 2.05) is 13.8 Å². The first-order valence-electron chi connectivity index (χ1n) is 12.2. The van der Waals surface area contributed by atoms with Crippen LogP contribution in [0.4, 0.5) is 21.0 Å². The molecule has 36 heavy (non-hydrogen) atoms. The van der Waals surface area contributed by atoms with Crippen LogP contribution in [-0.4, -0.2) is 86.0 Å². The lowest BCUT2D eigenvalue weighted by atomic mass is 10.0. The van der Waals surface area contributed by atoms with Gasteiger partial charge >= 0.3 is 6.09 Å². The first kappa shape index (κ1) is 24.0. The van der Waals surface area contributed by atoms with E-state index in [2.05, 4.69) is 36.1 Å². The van der Waals surface area contributed by atoms with Gasteiger partial charge in [-0.2, -0.15) is 5.10 Å². The lowest BCUT2D eigenvalue weighted by Crippen LogP contribution is -2.46. The van der Waals surface area contributed by atoms with Crippen LogP contribution in [-0.2, 0) is 4.74 Å². The van der Waals surface area contributed by atoms with Crippen molar-refractivity contribution in [2.24, 2.45) is 0 Å². The second-order valence-electron chi connectivity index (χ2n) is 9.37. The van der Waals surface area contributed by atoms with Crippen molar-refractivity contribution in [1.82, 2.24) is 40.1 Å². The summed E-state index contributed by atoms with van der Waals surface area (Å²) in [5.41, 5.74) is 1.52. The Balaban J connectivity index is 1.27. The molecule has 1 aliphatic heterocycles. The standard InChI is InChI=1S/C23H30FN9O3/c1-13(2)27-23(35)36-17-4-3-14(20(17)24)15-11-18(31-30-15)29-22-26-6-5-19-28-16(12-33(19)22)21(34)32-9-7-25-8-10-32/h5-6,11-14,17,20,25H,3-4,7-10H2,1-2H3,(H,27,35)(H2,26,29,30,31)/t14-,17-,20+/m0/s1. The molecule has 3 aromatic heterocycles. The van der Waals surface area contributed by atoms with Crippen molar-refractivity contribution in [2.45, 2.75) is 50.9 Å². The predicted octanol–water partition coefficient (Wildman–Crippen LogP) is 1.96. The molecule has 12 nitrogen and oxygen atoms in total. The zero-order valence-electron chi connectivity index (χ0n) is 20.2. The fraction of sp³-hybridized carbons (Fsp3) is 0.522. The van der Waals surface area contributed by atoms with Gasteiger partial charge in [0, 0.05) is 62.3 Å². The van der Waals surface area contributed by atoms with E-state index in [1.54, 1.807) is 33.8 Å². The Morgan fingerprint density at radius 3 is 2.83 bits per heavy atom. The molecule has 4 heterocycles. The summed E-state index contributed by atoms with van der Waals surface area (Å²) in [4.78, 5) is 35.3. The number of carbonyl (C=O) groups excluding carboxylic acids is 2. The third kappa shape index (κ3) is 4.96. The molecule has 2 aliphatic rings. The number of aromatic amines is 1. The Morgan fingerprint density at radius 2 is 2.06 bits per heavy atom. The van der Waals surface area contributed by atoms with Crippen molar-refractivity contribution in [3.8, 4) is 0 Å². The quantitative estimate of drug-likeness (QED) is 0.403. The molecule has 0 aromatic carbocycles. The van der Waals surface area contributed by atoms with Crippen LogP contribution in [0.5, 0.6) is 0 Å². The van der Waals surface area contributed by atoms with Crippen LogP contribution in [0, 0.1) is 0 Å². The summed E-state index contributed by atoms with van der Waals surface area (Å²) in [5.74, 6) is 0.280. The van der Waals surface area contributed by atoms with Crippen molar-refractivity contribution >= 4 is 29.4 Å². The maximum Gasteiger partial charge on any atom is 0.407 e. The highest BCUT2D eigenvalue weighted by molar-refractivity contribution is 5.93. The van der Waals surface area contributed by atoms with Gasteiger partial charge in [-0.3, -0.25) is 14.3 Å². The van der Waals surface area contributed by atoms with Gasteiger partial charge < -0.3 is 25.6 Å². The number of amides is 2. The predicted molar refractivity (Wildman–Crippen MR) is 129 cm³/mol. The molecule has 2 amide bonds. The van der Waals surface area contributed by atoms with E-state index in [0.29, 0.717) is 54.7 Å². The number of fused-ring (bicyclic) bond motifs is 1. The molecule has 1 saturated heterocycles. The average Bonchev–Trinajstić information content (AvgIpc) is 3.58. The Morgan fingerprint density at radius 1 is 1.25 bits per heavy atom. The monoisotopic (exact) mass is 499 g/mol. The molecular formula is C23H30FN9O3. The van der Waals surface area contributed by atoms with Crippen molar-refractivity contribution in [3.05, 3.63) is 35.9 Å². The van der Waals surface area contributed by atoms with Gasteiger partial charge in [-0.25, -0.2) is 19.2 Å². The highest BCUT2D eigenvalue weighted by Gasteiger charge is 2.41. The summed E-state index contributed by atoms with van der Waals surface area (Å²) >= 11 is 0. The maximum absolute atomic E-state index is 15.1. The number of alkyl halides is 1. The van der Waals surface area contributed by atoms with E-state index in [9.17, 15) is 9.59 Å². The highest BCUT2D eigenvalue weighted by atomic mass is 19.1. The average molecular weight is 500 g/mol. The number of H-pyrrole nitrogens is 1. The number of rotatable bonds is 6. The maximum atomic E-state index is 15.1. The molecule has 1 aliphatic carbocycles. The summed E-state index contributed by atoms with van der Waals surface area (Å²) < 4.78 is 22.0. The minimum atomic E-state index is -1.34. The van der Waals surface area contributed by atoms with Crippen molar-refractivity contribution in [1.29, 1.82) is 0 Å². The number of halogens is 1. The number of hydrogen-bond acceptors (Lipinski definition) is 8. The molecule has 0 bridgehead atoms. The van der Waals surface area contributed by atoms with Gasteiger partial charge in [-0.15, -0.1) is 0 Å². The lowest BCUT2D eigenvalue weighted by molar-refractivity contribution is 0.0555. The first-order chi connectivity index (χ1) is 17.4. The molecule has 5 rings (SSSR count). The second kappa shape index (κ2) is 10.1. The number of nitrogens with one attached hydrogen (secondary N) is 4. The van der Waals surface area contributed by atoms with E-state index in [1.165, 1.54) is 0 Å². The minimum absolute atomic E-state index is 0.0844. The van der Waals surface area contributed by atoms with Crippen LogP contribution in [0.15, 0.2) is 24.5 Å². The van der Waals surface area contributed by atoms with Crippen molar-refractivity contribution < 1.29 is 18.7 Å². The number of imidazole rings is 1. The van der Waals surface area contributed by atoms with Crippen LogP contribution in [0.1, 0.15) is 48.8 Å². The molecule has 1 saturated carbocycles. The second-order valence-corrected chi connectivity index (χ2v) is 9.37. The van der Waals surface area contributed by atoms with E-state index in [0.717, 1.165) is 13.1 Å². The van der Waals surface area contributed by atoms with Crippen LogP contribution >= 0.6 is 0 Å². The van der Waals surface area contributed by atoms with E-state index < -0.39 is 24.3 Å². The number of hydrogen-bond donors (Lipinski definition) is 4. The van der Waals surface area contributed by atoms with Crippen LogP contribution in [0.25, 0.3) is 5.65 Å². The highest BCUT2D eigenvalue weighted by Crippen LogP contribution is 2.38. The van der Waals surface area contributed by atoms with Gasteiger partial charge in [0.2, 0.25) is 5.95 Å². The SMILES string of the molecule is CC(C)NC(=O)O[C@H]1CC[C@@H](c2cc(Nc3nccc4nc(C(=O)N5CCNCC5)cn34)n[nH]2)[C@H]1F. The number of carbonyl (C=O) groups is 2. The number of aromatic nitrogens is 5. The summed E-state index contributed by atoms with van der Waals surface area (Å²) in [6.07, 6.45) is 1.44. The normalized spacial score (nSPS) is 22.2. The Hall–Kier alpha value is -3.74. The number of nitrogens with zero attached hydrogens (tertiary/aromatic N) is 5. The molecular weight excluding hydrogens is 469 g/mol. The summed E-state index contributed by atoms with van der Waals surface area (Å²) in [5, 5.41) is 16.1. The molecule has 2 fully saturated rings. The van der Waals surface area contributed by atoms with E-state index >= 15 is 4.39 Å². The molecule has 3 aromatic rings. The van der Waals surface area contributed by atoms with Crippen LogP contribution in [0.3, 0.4) is 0 Å². The number of alkyl carbamates (subject to hydrolysis) is 1. The number of piperazine rings is 1. The van der Waals surface area contributed by atoms with Gasteiger partial charge in [-0.1, -0.05) is 0 Å². The smallest absolute Gasteiger partial charge is 0.407 e. The van der Waals surface area contributed by atoms with E-state index in [4.69, 9.17) is 4.74 Å². The van der Waals surface area contributed by atoms with Crippen LogP contribution in [0.2, 0.25) is 0 Å². The van der Waals surface area contributed by atoms with Crippen molar-refractivity contribution in [3.63, 3.8) is 0 Å². The van der Waals surface area contributed by atoms with Gasteiger partial charge in [0.25, 0.3) is 5.91 Å². The molecule has 192 valence electrons. The zero-order chi connectivity index (χ0) is 25.2. The van der Waals surface area contributed by atoms with Gasteiger partial charge in [-0.05, 0) is 32.8 Å². The molecule has 3 atom stereocenters. The summed E-state index contributed by atoms with van der Waals surface area (Å²) in [7, 11) is 0. The Bertz CT molecular complexity index is 1240. The topological polar surface area (TPSA) is 142 Å². The minimum Gasteiger partial charge on any atom is -0.443 e. The fourth-order valence-corrected chi connectivity index (χ4v) is 4.63. The third-order valence-corrected chi connectivity index (χ3v) is 6.41. The van der Waals surface area contributed by atoms with Gasteiger partial charge in [0.1, 0.15) is 23.6 Å². The van der Waals surface area contributed by atoms with Gasteiger partial charge in [0.05, 0.1) is 0 Å². The first-order valence-corrected chi connectivity index (χ1v) is 12.2. The number of anilines is 2. The third-order valence-electron chi connectivity index (χ3n) is 6.41. The molecule has 0 unspecified atom stereocenters. The Kier molecular flexibility index (Phi) is 6.72. The fourth-order valence-electron chi connectivity index (χ4n) is 4.63. The molecule has 13 heteroatoms. The van der Waals surface area contributed by atoms with Gasteiger partial charge in [0.15, 0.2) is 5.82 Å². The summed E-state index contributed by atoms with van der Waals surface area (Å²) in [6, 6.07) is 3.36. The largest absolute Gasteiger partial charge is 0.443 e. The summed E-state index contributed by atoms with van der Waals surface area (Å²) in [6.45, 7) is 6.42. The molecule has 0 radical (unpaired) electrons. The van der Waals surface area contributed by atoms with Crippen molar-refractivity contribution in [2.75, 3.05) is 31.5 Å². The Labute approximate surface area is 207 Å². The molecule has 0 spiro atoms. The lowest BCUT2D eigenvalue weighted by Gasteiger charge is -2.26. The van der Waals surface area contributed by atoms with E-state index in [-0.39, 0.29) is 11.9 Å². The molecule has 4 N–H and O–H groups in total. The number of ether oxygens (including phenoxy) is 1.